The molecule has 1 saturated heterocycles. The van der Waals surface area contributed by atoms with Crippen molar-refractivity contribution in [3.8, 4) is 0 Å². The molecule has 0 unspecified atom stereocenters. The van der Waals surface area contributed by atoms with E-state index in [0.29, 0.717) is 6.61 Å². The Kier molecular flexibility index (Phi) is 4.68. The highest BCUT2D eigenvalue weighted by molar-refractivity contribution is 5.13. The minimum atomic E-state index is -1.01. The third kappa shape index (κ3) is 3.07. The average molecular weight is 254 g/mol. The minimum Gasteiger partial charge on any atom is -0.388 e. The summed E-state index contributed by atoms with van der Waals surface area (Å²) >= 11 is 0. The summed E-state index contributed by atoms with van der Waals surface area (Å²) in [6.07, 6.45) is -3.31. The second-order valence-electron chi connectivity index (χ2n) is 4.26. The summed E-state index contributed by atoms with van der Waals surface area (Å²) in [5.74, 6) is 0. The maximum atomic E-state index is 9.88. The molecule has 0 aliphatic carbocycles. The largest absolute Gasteiger partial charge is 0.388 e. The normalized spacial score (nSPS) is 32.4. The molecular formula is C13H18O5. The van der Waals surface area contributed by atoms with Crippen molar-refractivity contribution in [3.63, 3.8) is 0 Å². The van der Waals surface area contributed by atoms with Gasteiger partial charge < -0.3 is 24.4 Å². The summed E-state index contributed by atoms with van der Waals surface area (Å²) in [6, 6.07) is 9.59. The standard InChI is InChI=1S/C13H18O5/c1-16-13-12(11(15)10(14)8-18-13)17-7-9-5-3-2-4-6-9/h2-6,10-15H,7-8H2,1H3/t10-,11+,12-,13+/m1/s1. The van der Waals surface area contributed by atoms with Crippen LogP contribution < -0.4 is 0 Å². The molecule has 1 aliphatic heterocycles. The zero-order valence-corrected chi connectivity index (χ0v) is 10.2. The van der Waals surface area contributed by atoms with Gasteiger partial charge in [-0.3, -0.25) is 0 Å². The third-order valence-electron chi connectivity index (χ3n) is 2.95. The van der Waals surface area contributed by atoms with Crippen molar-refractivity contribution in [3.05, 3.63) is 35.9 Å². The average Bonchev–Trinajstić information content (AvgIpc) is 2.41. The Morgan fingerprint density at radius 2 is 2.00 bits per heavy atom. The SMILES string of the molecule is CO[C@H]1OC[C@@H](O)[C@H](O)[C@H]1OCc1ccccc1. The molecule has 0 amide bonds. The van der Waals surface area contributed by atoms with Crippen LogP contribution in [0.2, 0.25) is 0 Å². The summed E-state index contributed by atoms with van der Waals surface area (Å²) in [5, 5.41) is 19.4. The van der Waals surface area contributed by atoms with Gasteiger partial charge in [0, 0.05) is 7.11 Å². The van der Waals surface area contributed by atoms with Crippen LogP contribution in [0.15, 0.2) is 30.3 Å². The Bertz CT molecular complexity index is 354. The molecule has 1 fully saturated rings. The molecule has 0 radical (unpaired) electrons. The van der Waals surface area contributed by atoms with Crippen molar-refractivity contribution in [2.75, 3.05) is 13.7 Å². The van der Waals surface area contributed by atoms with Gasteiger partial charge in [0.25, 0.3) is 0 Å². The highest BCUT2D eigenvalue weighted by Crippen LogP contribution is 2.20. The highest BCUT2D eigenvalue weighted by Gasteiger charge is 2.39. The molecule has 1 aliphatic rings. The second kappa shape index (κ2) is 6.26. The molecule has 0 spiro atoms. The van der Waals surface area contributed by atoms with Crippen molar-refractivity contribution in [1.29, 1.82) is 0 Å². The summed E-state index contributed by atoms with van der Waals surface area (Å²) in [5.41, 5.74) is 0.986. The third-order valence-corrected chi connectivity index (χ3v) is 2.95. The van der Waals surface area contributed by atoms with E-state index in [1.807, 2.05) is 30.3 Å². The summed E-state index contributed by atoms with van der Waals surface area (Å²) in [6.45, 7) is 0.378. The number of rotatable bonds is 4. The van der Waals surface area contributed by atoms with Gasteiger partial charge in [0.15, 0.2) is 6.29 Å². The summed E-state index contributed by atoms with van der Waals surface area (Å²) in [7, 11) is 1.48. The molecule has 1 aromatic carbocycles. The van der Waals surface area contributed by atoms with E-state index in [9.17, 15) is 10.2 Å². The van der Waals surface area contributed by atoms with Crippen LogP contribution in [0.5, 0.6) is 0 Å². The molecule has 0 bridgehead atoms. The molecule has 5 nitrogen and oxygen atoms in total. The van der Waals surface area contributed by atoms with Gasteiger partial charge in [0.05, 0.1) is 13.2 Å². The molecule has 1 heterocycles. The van der Waals surface area contributed by atoms with Crippen LogP contribution in [-0.2, 0) is 20.8 Å². The Labute approximate surface area is 106 Å². The van der Waals surface area contributed by atoms with E-state index < -0.39 is 24.6 Å². The van der Waals surface area contributed by atoms with E-state index in [0.717, 1.165) is 5.56 Å². The predicted molar refractivity (Wildman–Crippen MR) is 63.8 cm³/mol. The van der Waals surface area contributed by atoms with Gasteiger partial charge in [-0.2, -0.15) is 0 Å². The number of benzene rings is 1. The molecule has 100 valence electrons. The number of hydrogen-bond acceptors (Lipinski definition) is 5. The number of hydrogen-bond donors (Lipinski definition) is 2. The van der Waals surface area contributed by atoms with Crippen LogP contribution in [0, 0.1) is 0 Å². The molecule has 0 saturated carbocycles. The molecule has 1 aromatic rings. The molecule has 5 heteroatoms. The van der Waals surface area contributed by atoms with E-state index in [2.05, 4.69) is 0 Å². The van der Waals surface area contributed by atoms with Crippen LogP contribution in [0.25, 0.3) is 0 Å². The van der Waals surface area contributed by atoms with Crippen molar-refractivity contribution in [1.82, 2.24) is 0 Å². The van der Waals surface area contributed by atoms with Crippen LogP contribution in [0.3, 0.4) is 0 Å². The van der Waals surface area contributed by atoms with Crippen LogP contribution in [0.1, 0.15) is 5.56 Å². The Hall–Kier alpha value is -0.980. The van der Waals surface area contributed by atoms with Gasteiger partial charge >= 0.3 is 0 Å². The maximum Gasteiger partial charge on any atom is 0.186 e. The zero-order chi connectivity index (χ0) is 13.0. The fraction of sp³-hybridized carbons (Fsp3) is 0.538. The van der Waals surface area contributed by atoms with Crippen molar-refractivity contribution < 1.29 is 24.4 Å². The van der Waals surface area contributed by atoms with Gasteiger partial charge in [-0.15, -0.1) is 0 Å². The molecular weight excluding hydrogens is 236 g/mol. The number of ether oxygens (including phenoxy) is 3. The van der Waals surface area contributed by atoms with Gasteiger partial charge in [-0.05, 0) is 5.56 Å². The lowest BCUT2D eigenvalue weighted by Crippen LogP contribution is -2.54. The lowest BCUT2D eigenvalue weighted by molar-refractivity contribution is -0.276. The quantitative estimate of drug-likeness (QED) is 0.808. The summed E-state index contributed by atoms with van der Waals surface area (Å²) < 4.78 is 15.9. The molecule has 4 atom stereocenters. The van der Waals surface area contributed by atoms with E-state index in [4.69, 9.17) is 14.2 Å². The van der Waals surface area contributed by atoms with Gasteiger partial charge in [-0.25, -0.2) is 0 Å². The Morgan fingerprint density at radius 3 is 2.67 bits per heavy atom. The molecule has 2 N–H and O–H groups in total. The van der Waals surface area contributed by atoms with E-state index in [-0.39, 0.29) is 6.61 Å². The minimum absolute atomic E-state index is 0.0465. The first kappa shape index (κ1) is 13.5. The topological polar surface area (TPSA) is 68.2 Å². The first-order valence-electron chi connectivity index (χ1n) is 5.88. The van der Waals surface area contributed by atoms with Crippen molar-refractivity contribution >= 4 is 0 Å². The predicted octanol–water partition coefficient (Wildman–Crippen LogP) is 0.296. The van der Waals surface area contributed by atoms with Gasteiger partial charge in [-0.1, -0.05) is 30.3 Å². The molecule has 0 aromatic heterocycles. The van der Waals surface area contributed by atoms with E-state index in [1.54, 1.807) is 0 Å². The molecule has 18 heavy (non-hydrogen) atoms. The lowest BCUT2D eigenvalue weighted by atomic mass is 10.1. The number of aliphatic hydroxyl groups excluding tert-OH is 2. The summed E-state index contributed by atoms with van der Waals surface area (Å²) in [4.78, 5) is 0. The van der Waals surface area contributed by atoms with Gasteiger partial charge in [0.2, 0.25) is 0 Å². The Morgan fingerprint density at radius 1 is 1.28 bits per heavy atom. The van der Waals surface area contributed by atoms with Crippen LogP contribution in [0.4, 0.5) is 0 Å². The smallest absolute Gasteiger partial charge is 0.186 e. The van der Waals surface area contributed by atoms with Gasteiger partial charge in [0.1, 0.15) is 18.3 Å². The highest BCUT2D eigenvalue weighted by atomic mass is 16.7. The fourth-order valence-electron chi connectivity index (χ4n) is 1.91. The zero-order valence-electron chi connectivity index (χ0n) is 10.2. The second-order valence-corrected chi connectivity index (χ2v) is 4.26. The number of methoxy groups -OCH3 is 1. The van der Waals surface area contributed by atoms with E-state index >= 15 is 0 Å². The monoisotopic (exact) mass is 254 g/mol. The Balaban J connectivity index is 1.96. The maximum absolute atomic E-state index is 9.88. The van der Waals surface area contributed by atoms with Crippen LogP contribution >= 0.6 is 0 Å². The van der Waals surface area contributed by atoms with Crippen LogP contribution in [-0.4, -0.2) is 48.5 Å². The first-order valence-corrected chi connectivity index (χ1v) is 5.88. The lowest BCUT2D eigenvalue weighted by Gasteiger charge is -2.37. The van der Waals surface area contributed by atoms with E-state index in [1.165, 1.54) is 7.11 Å². The number of aliphatic hydroxyl groups is 2. The molecule has 2 rings (SSSR count). The first-order chi connectivity index (χ1) is 8.72. The fourth-order valence-corrected chi connectivity index (χ4v) is 1.91. The van der Waals surface area contributed by atoms with Crippen molar-refractivity contribution in [2.45, 2.75) is 31.2 Å². The van der Waals surface area contributed by atoms with Crippen molar-refractivity contribution in [2.24, 2.45) is 0 Å².